The number of carbonyl (C=O) groups excluding carboxylic acids is 1. The average molecular weight is 277 g/mol. The lowest BCUT2D eigenvalue weighted by atomic mass is 10.2. The van der Waals surface area contributed by atoms with Crippen molar-refractivity contribution >= 4 is 24.2 Å². The summed E-state index contributed by atoms with van der Waals surface area (Å²) in [4.78, 5) is 12.9. The summed E-state index contributed by atoms with van der Waals surface area (Å²) in [7, 11) is 0. The number of alkyl halides is 3. The van der Waals surface area contributed by atoms with Gasteiger partial charge in [0.2, 0.25) is 5.91 Å². The smallest absolute Gasteiger partial charge is 0.404 e. The zero-order valence-electron chi connectivity index (χ0n) is 9.15. The van der Waals surface area contributed by atoms with Crippen LogP contribution < -0.4 is 9.64 Å². The largest absolute Gasteiger partial charge is 0.573 e. The number of anilines is 1. The number of thiol groups is 1. The van der Waals surface area contributed by atoms with E-state index in [9.17, 15) is 18.0 Å². The molecule has 0 spiro atoms. The van der Waals surface area contributed by atoms with Crippen LogP contribution in [0.15, 0.2) is 24.3 Å². The molecule has 0 N–H and O–H groups in total. The molecule has 1 aromatic carbocycles. The second-order valence-electron chi connectivity index (χ2n) is 3.88. The zero-order valence-corrected chi connectivity index (χ0v) is 10.0. The van der Waals surface area contributed by atoms with Crippen LogP contribution in [0.2, 0.25) is 0 Å². The van der Waals surface area contributed by atoms with Gasteiger partial charge in [0.25, 0.3) is 0 Å². The molecule has 98 valence electrons. The van der Waals surface area contributed by atoms with Crippen LogP contribution in [0.3, 0.4) is 0 Å². The van der Waals surface area contributed by atoms with Gasteiger partial charge in [-0.3, -0.25) is 4.79 Å². The van der Waals surface area contributed by atoms with Crippen LogP contribution in [-0.4, -0.2) is 24.1 Å². The molecule has 0 aromatic heterocycles. The molecule has 1 fully saturated rings. The highest BCUT2D eigenvalue weighted by Crippen LogP contribution is 2.35. The molecule has 7 heteroatoms. The van der Waals surface area contributed by atoms with E-state index in [0.717, 1.165) is 0 Å². The SMILES string of the molecule is O=C1CC(S)CN1c1ccccc1OC(F)(F)F. The molecule has 1 amide bonds. The van der Waals surface area contributed by atoms with Gasteiger partial charge in [0.1, 0.15) is 0 Å². The predicted molar refractivity (Wildman–Crippen MR) is 62.9 cm³/mol. The van der Waals surface area contributed by atoms with E-state index in [1.54, 1.807) is 6.07 Å². The fourth-order valence-corrected chi connectivity index (χ4v) is 2.13. The zero-order chi connectivity index (χ0) is 13.3. The lowest BCUT2D eigenvalue weighted by molar-refractivity contribution is -0.274. The summed E-state index contributed by atoms with van der Waals surface area (Å²) in [5, 5.41) is -0.170. The lowest BCUT2D eigenvalue weighted by Crippen LogP contribution is -2.26. The van der Waals surface area contributed by atoms with Crippen molar-refractivity contribution in [3.8, 4) is 5.75 Å². The first kappa shape index (κ1) is 13.1. The highest BCUT2D eigenvalue weighted by Gasteiger charge is 2.35. The van der Waals surface area contributed by atoms with Crippen molar-refractivity contribution in [3.63, 3.8) is 0 Å². The van der Waals surface area contributed by atoms with Gasteiger partial charge in [0.05, 0.1) is 5.69 Å². The maximum Gasteiger partial charge on any atom is 0.573 e. The number of ether oxygens (including phenoxy) is 1. The van der Waals surface area contributed by atoms with Gasteiger partial charge in [-0.05, 0) is 12.1 Å². The second-order valence-corrected chi connectivity index (χ2v) is 4.61. The van der Waals surface area contributed by atoms with Crippen molar-refractivity contribution in [2.75, 3.05) is 11.4 Å². The Morgan fingerprint density at radius 2 is 2.00 bits per heavy atom. The van der Waals surface area contributed by atoms with Gasteiger partial charge >= 0.3 is 6.36 Å². The highest BCUT2D eigenvalue weighted by molar-refractivity contribution is 7.81. The molecule has 1 heterocycles. The third-order valence-electron chi connectivity index (χ3n) is 2.49. The third-order valence-corrected chi connectivity index (χ3v) is 2.83. The van der Waals surface area contributed by atoms with Gasteiger partial charge in [0.15, 0.2) is 5.75 Å². The molecule has 1 saturated heterocycles. The maximum atomic E-state index is 12.2. The molecule has 2 rings (SSSR count). The molecular formula is C11H10F3NO2S. The average Bonchev–Trinajstić information content (AvgIpc) is 2.56. The minimum absolute atomic E-state index is 0.122. The summed E-state index contributed by atoms with van der Waals surface area (Å²) < 4.78 is 40.6. The molecule has 0 bridgehead atoms. The fraction of sp³-hybridized carbons (Fsp3) is 0.364. The van der Waals surface area contributed by atoms with Crippen LogP contribution in [0.4, 0.5) is 18.9 Å². The van der Waals surface area contributed by atoms with E-state index < -0.39 is 6.36 Å². The number of halogens is 3. The number of para-hydroxylation sites is 2. The summed E-state index contributed by atoms with van der Waals surface area (Å²) in [6.07, 6.45) is -4.57. The number of carbonyl (C=O) groups is 1. The fourth-order valence-electron chi connectivity index (χ4n) is 1.81. The molecule has 0 saturated carbocycles. The first-order valence-corrected chi connectivity index (χ1v) is 5.71. The van der Waals surface area contributed by atoms with E-state index in [2.05, 4.69) is 17.4 Å². The monoisotopic (exact) mass is 277 g/mol. The molecule has 1 aromatic rings. The van der Waals surface area contributed by atoms with Gasteiger partial charge in [-0.2, -0.15) is 12.6 Å². The highest BCUT2D eigenvalue weighted by atomic mass is 32.1. The van der Waals surface area contributed by atoms with Crippen LogP contribution in [0.25, 0.3) is 0 Å². The summed E-state index contributed by atoms with van der Waals surface area (Å²) in [6.45, 7) is 0.278. The number of rotatable bonds is 2. The van der Waals surface area contributed by atoms with Crippen molar-refractivity contribution in [2.24, 2.45) is 0 Å². The summed E-state index contributed by atoms with van der Waals surface area (Å²) in [5.74, 6) is -0.631. The molecule has 1 aliphatic heterocycles. The Labute approximate surface area is 107 Å². The Kier molecular flexibility index (Phi) is 3.43. The Balaban J connectivity index is 2.30. The number of hydrogen-bond acceptors (Lipinski definition) is 3. The minimum Gasteiger partial charge on any atom is -0.404 e. The topological polar surface area (TPSA) is 29.5 Å². The van der Waals surface area contributed by atoms with Crippen molar-refractivity contribution in [2.45, 2.75) is 18.0 Å². The minimum atomic E-state index is -4.78. The Morgan fingerprint density at radius 3 is 2.56 bits per heavy atom. The molecule has 0 aliphatic carbocycles. The molecule has 1 aliphatic rings. The standard InChI is InChI=1S/C11H10F3NO2S/c12-11(13,14)17-9-4-2-1-3-8(9)15-6-7(18)5-10(15)16/h1-4,7,18H,5-6H2. The van der Waals surface area contributed by atoms with E-state index >= 15 is 0 Å². The van der Waals surface area contributed by atoms with Crippen LogP contribution in [0, 0.1) is 0 Å². The molecule has 0 radical (unpaired) electrons. The van der Waals surface area contributed by atoms with Crippen LogP contribution >= 0.6 is 12.6 Å². The summed E-state index contributed by atoms with van der Waals surface area (Å²) in [6, 6.07) is 5.58. The lowest BCUT2D eigenvalue weighted by Gasteiger charge is -2.20. The van der Waals surface area contributed by atoms with E-state index in [4.69, 9.17) is 0 Å². The first-order chi connectivity index (χ1) is 8.37. The number of amides is 1. The predicted octanol–water partition coefficient (Wildman–Crippen LogP) is 2.62. The van der Waals surface area contributed by atoms with E-state index in [1.807, 2.05) is 0 Å². The second kappa shape index (κ2) is 4.72. The number of hydrogen-bond donors (Lipinski definition) is 1. The molecule has 1 atom stereocenters. The summed E-state index contributed by atoms with van der Waals surface area (Å²) in [5.41, 5.74) is 0.122. The summed E-state index contributed by atoms with van der Waals surface area (Å²) >= 11 is 4.16. The van der Waals surface area contributed by atoms with Crippen LogP contribution in [0.1, 0.15) is 6.42 Å². The normalized spacial score (nSPS) is 20.3. The third kappa shape index (κ3) is 2.90. The van der Waals surface area contributed by atoms with Gasteiger partial charge in [-0.15, -0.1) is 13.2 Å². The molecular weight excluding hydrogens is 267 g/mol. The Hall–Kier alpha value is -1.37. The maximum absolute atomic E-state index is 12.2. The Bertz CT molecular complexity index is 464. The van der Waals surface area contributed by atoms with Gasteiger partial charge in [-0.25, -0.2) is 0 Å². The van der Waals surface area contributed by atoms with Gasteiger partial charge < -0.3 is 9.64 Å². The van der Waals surface area contributed by atoms with Gasteiger partial charge in [-0.1, -0.05) is 12.1 Å². The van der Waals surface area contributed by atoms with E-state index in [0.29, 0.717) is 0 Å². The van der Waals surface area contributed by atoms with Crippen molar-refractivity contribution < 1.29 is 22.7 Å². The quantitative estimate of drug-likeness (QED) is 0.842. The van der Waals surface area contributed by atoms with Crippen molar-refractivity contribution in [3.05, 3.63) is 24.3 Å². The van der Waals surface area contributed by atoms with Crippen LogP contribution in [0.5, 0.6) is 5.75 Å². The molecule has 1 unspecified atom stereocenters. The van der Waals surface area contributed by atoms with Crippen LogP contribution in [-0.2, 0) is 4.79 Å². The van der Waals surface area contributed by atoms with E-state index in [1.165, 1.54) is 23.1 Å². The number of nitrogens with zero attached hydrogens (tertiary/aromatic N) is 1. The molecule has 3 nitrogen and oxygen atoms in total. The Morgan fingerprint density at radius 1 is 1.33 bits per heavy atom. The number of benzene rings is 1. The first-order valence-electron chi connectivity index (χ1n) is 5.20. The molecule has 18 heavy (non-hydrogen) atoms. The van der Waals surface area contributed by atoms with E-state index in [-0.39, 0.29) is 35.6 Å². The van der Waals surface area contributed by atoms with Crippen molar-refractivity contribution in [1.29, 1.82) is 0 Å². The van der Waals surface area contributed by atoms with Gasteiger partial charge in [0, 0.05) is 18.2 Å². The van der Waals surface area contributed by atoms with Crippen molar-refractivity contribution in [1.82, 2.24) is 0 Å².